The van der Waals surface area contributed by atoms with E-state index < -0.39 is 11.9 Å². The van der Waals surface area contributed by atoms with E-state index in [1.807, 2.05) is 12.1 Å². The average Bonchev–Trinajstić information content (AvgIpc) is 3.14. The number of carbonyl (C=O) groups excluding carboxylic acids is 4. The Morgan fingerprint density at radius 1 is 0.500 bits per heavy atom. The third kappa shape index (κ3) is 15.7. The molecule has 0 heterocycles. The van der Waals surface area contributed by atoms with Gasteiger partial charge in [-0.2, -0.15) is 0 Å². The Labute approximate surface area is 306 Å². The van der Waals surface area contributed by atoms with Crippen LogP contribution in [0.15, 0.2) is 97.1 Å². The topological polar surface area (TPSA) is 124 Å². The van der Waals surface area contributed by atoms with Crippen molar-refractivity contribution in [2.75, 3.05) is 33.0 Å². The highest BCUT2D eigenvalue weighted by atomic mass is 16.5. The molecule has 0 radical (unpaired) electrons. The number of esters is 4. The quantitative estimate of drug-likeness (QED) is 0.0294. The summed E-state index contributed by atoms with van der Waals surface area (Å²) >= 11 is 0. The molecule has 0 aliphatic rings. The van der Waals surface area contributed by atoms with Gasteiger partial charge in [0.2, 0.25) is 0 Å². The predicted molar refractivity (Wildman–Crippen MR) is 198 cm³/mol. The van der Waals surface area contributed by atoms with Gasteiger partial charge < -0.3 is 28.4 Å². The molecule has 0 saturated carbocycles. The fourth-order valence-electron chi connectivity index (χ4n) is 4.75. The molecule has 0 fully saturated rings. The molecule has 0 atom stereocenters. The van der Waals surface area contributed by atoms with E-state index in [2.05, 4.69) is 13.2 Å². The Bertz CT molecular complexity index is 1610. The van der Waals surface area contributed by atoms with Crippen LogP contribution in [0.4, 0.5) is 0 Å². The number of hydrogen-bond donors (Lipinski definition) is 0. The van der Waals surface area contributed by atoms with Gasteiger partial charge in [0.05, 0.1) is 44.2 Å². The van der Waals surface area contributed by atoms with Gasteiger partial charge in [-0.05, 0) is 125 Å². The first-order valence-corrected chi connectivity index (χ1v) is 17.7. The van der Waals surface area contributed by atoms with Crippen molar-refractivity contribution in [1.29, 1.82) is 0 Å². The maximum absolute atomic E-state index is 12.9. The molecule has 10 nitrogen and oxygen atoms in total. The minimum Gasteiger partial charge on any atom is -0.494 e. The lowest BCUT2D eigenvalue weighted by molar-refractivity contribution is -0.139. The lowest BCUT2D eigenvalue weighted by atomic mass is 10.1. The highest BCUT2D eigenvalue weighted by molar-refractivity contribution is 5.91. The highest BCUT2D eigenvalue weighted by Gasteiger charge is 2.14. The van der Waals surface area contributed by atoms with E-state index in [1.165, 1.54) is 0 Å². The molecule has 10 heteroatoms. The van der Waals surface area contributed by atoms with Crippen LogP contribution in [0.25, 0.3) is 0 Å². The van der Waals surface area contributed by atoms with Crippen LogP contribution in [0.1, 0.15) is 91.5 Å². The second-order valence-corrected chi connectivity index (χ2v) is 12.3. The molecule has 3 aromatic rings. The van der Waals surface area contributed by atoms with E-state index in [4.69, 9.17) is 28.4 Å². The van der Waals surface area contributed by atoms with Crippen LogP contribution in [-0.2, 0) is 30.2 Å². The molecule has 3 aromatic carbocycles. The van der Waals surface area contributed by atoms with Crippen LogP contribution in [0.5, 0.6) is 17.2 Å². The molecular weight excluding hydrogens is 664 g/mol. The zero-order valence-electron chi connectivity index (χ0n) is 30.3. The summed E-state index contributed by atoms with van der Waals surface area (Å²) in [5.41, 5.74) is 2.32. The van der Waals surface area contributed by atoms with Crippen LogP contribution in [0, 0.1) is 0 Å². The van der Waals surface area contributed by atoms with Gasteiger partial charge in [0.1, 0.15) is 17.2 Å². The molecule has 52 heavy (non-hydrogen) atoms. The highest BCUT2D eigenvalue weighted by Crippen LogP contribution is 2.22. The van der Waals surface area contributed by atoms with Crippen molar-refractivity contribution in [2.45, 2.75) is 71.6 Å². The Morgan fingerprint density at radius 2 is 0.942 bits per heavy atom. The third-order valence-electron chi connectivity index (χ3n) is 7.74. The summed E-state index contributed by atoms with van der Waals surface area (Å²) in [7, 11) is 0. The first kappa shape index (κ1) is 41.0. The second-order valence-electron chi connectivity index (χ2n) is 12.3. The van der Waals surface area contributed by atoms with Crippen molar-refractivity contribution in [1.82, 2.24) is 0 Å². The summed E-state index contributed by atoms with van der Waals surface area (Å²) in [6, 6.07) is 20.7. The molecular formula is C42H50O10. The summed E-state index contributed by atoms with van der Waals surface area (Å²) < 4.78 is 32.9. The average molecular weight is 715 g/mol. The summed E-state index contributed by atoms with van der Waals surface area (Å²) in [5, 5.41) is 0. The van der Waals surface area contributed by atoms with Gasteiger partial charge in [0, 0.05) is 17.6 Å². The Morgan fingerprint density at radius 3 is 1.42 bits per heavy atom. The molecule has 0 amide bonds. The summed E-state index contributed by atoms with van der Waals surface area (Å²) in [5.74, 6) is 0.0243. The minimum absolute atomic E-state index is 0.104. The molecule has 0 aromatic heterocycles. The molecule has 0 N–H and O–H groups in total. The number of carbonyl (C=O) groups is 4. The van der Waals surface area contributed by atoms with Crippen LogP contribution < -0.4 is 14.2 Å². The van der Waals surface area contributed by atoms with Gasteiger partial charge >= 0.3 is 23.9 Å². The monoisotopic (exact) mass is 714 g/mol. The summed E-state index contributed by atoms with van der Waals surface area (Å²) in [6.45, 7) is 12.3. The van der Waals surface area contributed by atoms with Crippen LogP contribution in [0.3, 0.4) is 0 Å². The van der Waals surface area contributed by atoms with Gasteiger partial charge in [-0.1, -0.05) is 31.4 Å². The number of ether oxygens (including phenoxy) is 6. The summed E-state index contributed by atoms with van der Waals surface area (Å²) in [4.78, 5) is 48.3. The van der Waals surface area contributed by atoms with Gasteiger partial charge in [0.15, 0.2) is 0 Å². The molecule has 0 saturated heterocycles. The maximum Gasteiger partial charge on any atom is 0.343 e. The Kier molecular flexibility index (Phi) is 18.3. The number of benzene rings is 3. The Balaban J connectivity index is 1.32. The molecule has 0 unspecified atom stereocenters. The van der Waals surface area contributed by atoms with Crippen molar-refractivity contribution < 1.29 is 47.6 Å². The van der Waals surface area contributed by atoms with Gasteiger partial charge in [-0.15, -0.1) is 0 Å². The maximum atomic E-state index is 12.9. The molecule has 3 rings (SSSR count). The van der Waals surface area contributed by atoms with Gasteiger partial charge in [0.25, 0.3) is 0 Å². The second kappa shape index (κ2) is 23.2. The first-order chi connectivity index (χ1) is 25.1. The lowest BCUT2D eigenvalue weighted by Gasteiger charge is -2.11. The first-order valence-electron chi connectivity index (χ1n) is 17.7. The van der Waals surface area contributed by atoms with Crippen molar-refractivity contribution in [2.24, 2.45) is 0 Å². The van der Waals surface area contributed by atoms with Crippen LogP contribution >= 0.6 is 0 Å². The molecule has 0 spiro atoms. The van der Waals surface area contributed by atoms with Crippen LogP contribution in [-0.4, -0.2) is 56.9 Å². The standard InChI is InChI=1S/C42H50O10/c1-31(2)39(43)49-28-13-7-5-11-26-47-36-21-17-34(18-22-36)41(45)51-30-25-33-15-9-10-16-38(33)52-42(46)35-19-23-37(24-20-35)48-27-12-6-8-14-29-50-40(44)32(3)4/h9-10,15-24H,1,3,5-8,11-14,25-30H2,2,4H3. The van der Waals surface area contributed by atoms with Crippen molar-refractivity contribution in [3.63, 3.8) is 0 Å². The normalized spacial score (nSPS) is 10.5. The largest absolute Gasteiger partial charge is 0.494 e. The van der Waals surface area contributed by atoms with Crippen molar-refractivity contribution in [3.05, 3.63) is 114 Å². The Hall–Kier alpha value is -5.38. The van der Waals surface area contributed by atoms with E-state index in [1.54, 1.807) is 74.5 Å². The predicted octanol–water partition coefficient (Wildman–Crippen LogP) is 8.42. The van der Waals surface area contributed by atoms with E-state index in [9.17, 15) is 19.2 Å². The zero-order valence-corrected chi connectivity index (χ0v) is 30.3. The van der Waals surface area contributed by atoms with E-state index in [0.29, 0.717) is 72.4 Å². The SMILES string of the molecule is C=C(C)C(=O)OCCCCCCOc1ccc(C(=O)OCCc2ccccc2OC(=O)c2ccc(OCCCCCCOC(=O)C(=C)C)cc2)cc1. The number of para-hydroxylation sites is 1. The fourth-order valence-corrected chi connectivity index (χ4v) is 4.75. The van der Waals surface area contributed by atoms with Crippen LogP contribution in [0.2, 0.25) is 0 Å². The van der Waals surface area contributed by atoms with Gasteiger partial charge in [-0.25, -0.2) is 19.2 Å². The van der Waals surface area contributed by atoms with E-state index in [-0.39, 0.29) is 18.5 Å². The fraction of sp³-hybridized carbons (Fsp3) is 0.381. The zero-order chi connectivity index (χ0) is 37.6. The number of unbranched alkanes of at least 4 members (excludes halogenated alkanes) is 6. The van der Waals surface area contributed by atoms with E-state index in [0.717, 1.165) is 56.9 Å². The number of rotatable bonds is 24. The van der Waals surface area contributed by atoms with Crippen molar-refractivity contribution >= 4 is 23.9 Å². The van der Waals surface area contributed by atoms with Gasteiger partial charge in [-0.3, -0.25) is 0 Å². The van der Waals surface area contributed by atoms with Crippen molar-refractivity contribution in [3.8, 4) is 17.2 Å². The minimum atomic E-state index is -0.507. The smallest absolute Gasteiger partial charge is 0.343 e. The molecule has 0 aliphatic carbocycles. The lowest BCUT2D eigenvalue weighted by Crippen LogP contribution is -2.12. The summed E-state index contributed by atoms with van der Waals surface area (Å²) in [6.07, 6.45) is 7.40. The molecule has 278 valence electrons. The van der Waals surface area contributed by atoms with E-state index >= 15 is 0 Å². The third-order valence-corrected chi connectivity index (χ3v) is 7.74. The number of hydrogen-bond acceptors (Lipinski definition) is 10. The molecule has 0 aliphatic heterocycles. The molecule has 0 bridgehead atoms.